The Kier molecular flexibility index (Phi) is 2.97. The van der Waals surface area contributed by atoms with Crippen molar-refractivity contribution < 1.29 is 4.39 Å². The van der Waals surface area contributed by atoms with Crippen LogP contribution in [0.1, 0.15) is 16.7 Å². The van der Waals surface area contributed by atoms with E-state index in [1.165, 1.54) is 16.0 Å². The minimum absolute atomic E-state index is 0.171. The zero-order valence-corrected chi connectivity index (χ0v) is 11.4. The second-order valence-electron chi connectivity index (χ2n) is 4.07. The smallest absolute Gasteiger partial charge is 0.137 e. The summed E-state index contributed by atoms with van der Waals surface area (Å²) < 4.78 is 14.1. The molecule has 86 valence electrons. The molecule has 2 aromatic carbocycles. The van der Waals surface area contributed by atoms with Gasteiger partial charge in [0.2, 0.25) is 0 Å². The van der Waals surface area contributed by atoms with Crippen LogP contribution in [0.25, 0.3) is 0 Å². The van der Waals surface area contributed by atoms with Crippen molar-refractivity contribution in [2.45, 2.75) is 17.1 Å². The van der Waals surface area contributed by atoms with E-state index in [9.17, 15) is 4.39 Å². The van der Waals surface area contributed by atoms with Crippen LogP contribution in [0.2, 0.25) is 0 Å². The summed E-state index contributed by atoms with van der Waals surface area (Å²) in [6.07, 6.45) is 0.886. The third kappa shape index (κ3) is 2.02. The molecule has 0 radical (unpaired) electrons. The highest BCUT2D eigenvalue weighted by Crippen LogP contribution is 2.37. The number of hydrogen-bond donors (Lipinski definition) is 0. The number of fused-ring (bicyclic) bond motifs is 2. The molecule has 0 saturated heterocycles. The van der Waals surface area contributed by atoms with Gasteiger partial charge >= 0.3 is 0 Å². The van der Waals surface area contributed by atoms with Gasteiger partial charge in [0, 0.05) is 10.6 Å². The first-order chi connectivity index (χ1) is 8.25. The van der Waals surface area contributed by atoms with Gasteiger partial charge in [0.1, 0.15) is 5.82 Å². The van der Waals surface area contributed by atoms with Gasteiger partial charge < -0.3 is 0 Å². The molecule has 1 aliphatic heterocycles. The molecule has 0 atom stereocenters. The molecule has 17 heavy (non-hydrogen) atoms. The molecule has 1 aliphatic rings. The van der Waals surface area contributed by atoms with Crippen LogP contribution in [-0.4, -0.2) is 0 Å². The molecule has 0 bridgehead atoms. The minimum Gasteiger partial charge on any atom is -0.206 e. The van der Waals surface area contributed by atoms with Crippen LogP contribution in [0.5, 0.6) is 0 Å². The first-order valence-electron chi connectivity index (χ1n) is 5.42. The third-order valence-electron chi connectivity index (χ3n) is 3.02. The van der Waals surface area contributed by atoms with E-state index < -0.39 is 0 Å². The van der Waals surface area contributed by atoms with Crippen LogP contribution >= 0.6 is 27.7 Å². The summed E-state index contributed by atoms with van der Waals surface area (Å²) in [6.45, 7) is 0. The summed E-state index contributed by atoms with van der Waals surface area (Å²) in [5.74, 6) is 0.653. The molecule has 1 heterocycles. The number of hydrogen-bond acceptors (Lipinski definition) is 1. The first kappa shape index (κ1) is 11.3. The molecule has 3 rings (SSSR count). The lowest BCUT2D eigenvalue weighted by Gasteiger charge is -2.08. The average molecular weight is 309 g/mol. The third-order valence-corrected chi connectivity index (χ3v) is 5.02. The van der Waals surface area contributed by atoms with Crippen LogP contribution < -0.4 is 0 Å². The fourth-order valence-electron chi connectivity index (χ4n) is 2.10. The maximum absolute atomic E-state index is 13.5. The van der Waals surface area contributed by atoms with E-state index in [0.29, 0.717) is 4.47 Å². The summed E-state index contributed by atoms with van der Waals surface area (Å²) in [5.41, 5.74) is 3.64. The predicted octanol–water partition coefficient (Wildman–Crippen LogP) is 4.78. The predicted molar refractivity (Wildman–Crippen MR) is 72.9 cm³/mol. The van der Waals surface area contributed by atoms with Crippen LogP contribution in [0.15, 0.2) is 45.8 Å². The molecule has 0 spiro atoms. The molecule has 0 N–H and O–H groups in total. The zero-order chi connectivity index (χ0) is 11.8. The van der Waals surface area contributed by atoms with Crippen molar-refractivity contribution in [3.63, 3.8) is 0 Å². The standard InChI is InChI=1S/C14H10BrFS/c15-14-11-8-17-13-4-2-1-3-10(13)7-9(11)5-6-12(14)16/h1-6H,7-8H2. The molecule has 0 fully saturated rings. The van der Waals surface area contributed by atoms with Crippen molar-refractivity contribution in [1.29, 1.82) is 0 Å². The van der Waals surface area contributed by atoms with Crippen molar-refractivity contribution in [1.82, 2.24) is 0 Å². The normalized spacial score (nSPS) is 13.8. The van der Waals surface area contributed by atoms with Crippen molar-refractivity contribution >= 4 is 27.7 Å². The Labute approximate surface area is 112 Å². The molecule has 0 saturated carbocycles. The summed E-state index contributed by atoms with van der Waals surface area (Å²) in [7, 11) is 0. The zero-order valence-electron chi connectivity index (χ0n) is 9.04. The molecule has 0 amide bonds. The number of halogens is 2. The summed E-state index contributed by atoms with van der Waals surface area (Å²) >= 11 is 5.14. The molecule has 3 heteroatoms. The summed E-state index contributed by atoms with van der Waals surface area (Å²) in [6, 6.07) is 11.8. The Morgan fingerprint density at radius 2 is 1.88 bits per heavy atom. The first-order valence-corrected chi connectivity index (χ1v) is 7.20. The lowest BCUT2D eigenvalue weighted by atomic mass is 10.0. The van der Waals surface area contributed by atoms with Crippen molar-refractivity contribution in [3.05, 3.63) is 63.4 Å². The fraction of sp³-hybridized carbons (Fsp3) is 0.143. The van der Waals surface area contributed by atoms with E-state index in [1.807, 2.05) is 6.07 Å². The van der Waals surface area contributed by atoms with Gasteiger partial charge in [-0.1, -0.05) is 24.3 Å². The van der Waals surface area contributed by atoms with Gasteiger partial charge in [-0.05, 0) is 51.2 Å². The lowest BCUT2D eigenvalue weighted by Crippen LogP contribution is -1.95. The van der Waals surface area contributed by atoms with E-state index in [0.717, 1.165) is 17.7 Å². The Bertz CT molecular complexity index is 580. The molecule has 2 aromatic rings. The Hall–Kier alpha value is -0.800. The SMILES string of the molecule is Fc1ccc2c(c1Br)CSc1ccccc1C2. The van der Waals surface area contributed by atoms with Crippen molar-refractivity contribution in [2.75, 3.05) is 0 Å². The van der Waals surface area contributed by atoms with Crippen molar-refractivity contribution in [3.8, 4) is 0 Å². The second-order valence-corrected chi connectivity index (χ2v) is 5.88. The second kappa shape index (κ2) is 4.46. The van der Waals surface area contributed by atoms with Gasteiger partial charge in [0.25, 0.3) is 0 Å². The van der Waals surface area contributed by atoms with Gasteiger partial charge in [-0.2, -0.15) is 0 Å². The minimum atomic E-state index is -0.171. The Morgan fingerprint density at radius 1 is 1.06 bits per heavy atom. The van der Waals surface area contributed by atoms with Gasteiger partial charge in [-0.3, -0.25) is 0 Å². The van der Waals surface area contributed by atoms with E-state index >= 15 is 0 Å². The molecular weight excluding hydrogens is 299 g/mol. The van der Waals surface area contributed by atoms with Gasteiger partial charge in [0.15, 0.2) is 0 Å². The molecule has 0 aliphatic carbocycles. The summed E-state index contributed by atoms with van der Waals surface area (Å²) in [5, 5.41) is 0. The van der Waals surface area contributed by atoms with Crippen LogP contribution in [0.4, 0.5) is 4.39 Å². The molecule has 0 nitrogen and oxygen atoms in total. The topological polar surface area (TPSA) is 0 Å². The maximum Gasteiger partial charge on any atom is 0.137 e. The molecule has 0 aromatic heterocycles. The highest BCUT2D eigenvalue weighted by molar-refractivity contribution is 9.10. The largest absolute Gasteiger partial charge is 0.206 e. The maximum atomic E-state index is 13.5. The number of thioether (sulfide) groups is 1. The fourth-order valence-corrected chi connectivity index (χ4v) is 3.94. The number of rotatable bonds is 0. The quantitative estimate of drug-likeness (QED) is 0.674. The van der Waals surface area contributed by atoms with E-state index in [1.54, 1.807) is 17.8 Å². The van der Waals surface area contributed by atoms with Gasteiger partial charge in [-0.25, -0.2) is 4.39 Å². The molecule has 0 unspecified atom stereocenters. The van der Waals surface area contributed by atoms with Crippen molar-refractivity contribution in [2.24, 2.45) is 0 Å². The van der Waals surface area contributed by atoms with Gasteiger partial charge in [0.05, 0.1) is 4.47 Å². The highest BCUT2D eigenvalue weighted by atomic mass is 79.9. The monoisotopic (exact) mass is 308 g/mol. The lowest BCUT2D eigenvalue weighted by molar-refractivity contribution is 0.618. The van der Waals surface area contributed by atoms with Crippen LogP contribution in [-0.2, 0) is 12.2 Å². The van der Waals surface area contributed by atoms with Crippen LogP contribution in [0, 0.1) is 5.82 Å². The van der Waals surface area contributed by atoms with Crippen LogP contribution in [0.3, 0.4) is 0 Å². The van der Waals surface area contributed by atoms with E-state index in [4.69, 9.17) is 0 Å². The van der Waals surface area contributed by atoms with Gasteiger partial charge in [-0.15, -0.1) is 11.8 Å². The Morgan fingerprint density at radius 3 is 2.76 bits per heavy atom. The summed E-state index contributed by atoms with van der Waals surface area (Å²) in [4.78, 5) is 1.30. The average Bonchev–Trinajstić information content (AvgIpc) is 2.53. The Balaban J connectivity index is 2.13. The number of benzene rings is 2. The highest BCUT2D eigenvalue weighted by Gasteiger charge is 2.17. The molecular formula is C14H10BrFS. The van der Waals surface area contributed by atoms with E-state index in [-0.39, 0.29) is 5.82 Å². The van der Waals surface area contributed by atoms with E-state index in [2.05, 4.69) is 40.2 Å².